The number of ether oxygens (including phenoxy) is 1. The molecule has 1 fully saturated rings. The Labute approximate surface area is 140 Å². The molecule has 0 bridgehead atoms. The fourth-order valence-electron chi connectivity index (χ4n) is 3.45. The summed E-state index contributed by atoms with van der Waals surface area (Å²) < 4.78 is 6.46. The molecule has 2 unspecified atom stereocenters. The molecule has 1 heterocycles. The van der Waals surface area contributed by atoms with Crippen LogP contribution in [0, 0.1) is 6.92 Å². The van der Waals surface area contributed by atoms with Gasteiger partial charge in [-0.1, -0.05) is 55.0 Å². The Morgan fingerprint density at radius 3 is 2.52 bits per heavy atom. The Morgan fingerprint density at radius 2 is 1.78 bits per heavy atom. The van der Waals surface area contributed by atoms with Crippen LogP contribution in [0.5, 0.6) is 5.75 Å². The van der Waals surface area contributed by atoms with Crippen molar-refractivity contribution < 1.29 is 4.74 Å². The standard InChI is InChI=1S/C21H27NO/c1-17-10-6-7-14-20(17)23-21(18-11-4-3-5-12-18)16-19-13-8-9-15-22(19)2/h3-7,10-12,14,19,21H,8-9,13,15-16H2,1-2H3. The third-order valence-corrected chi connectivity index (χ3v) is 4.94. The molecule has 2 aromatic carbocycles. The Kier molecular flexibility index (Phi) is 5.35. The summed E-state index contributed by atoms with van der Waals surface area (Å²) in [6.07, 6.45) is 5.09. The molecule has 0 saturated carbocycles. The van der Waals surface area contributed by atoms with Gasteiger partial charge in [0.25, 0.3) is 0 Å². The Balaban J connectivity index is 1.80. The molecule has 0 N–H and O–H groups in total. The van der Waals surface area contributed by atoms with Crippen LogP contribution in [0.2, 0.25) is 0 Å². The summed E-state index contributed by atoms with van der Waals surface area (Å²) in [5.41, 5.74) is 2.47. The van der Waals surface area contributed by atoms with Gasteiger partial charge in [0, 0.05) is 12.5 Å². The average molecular weight is 309 g/mol. The molecule has 2 atom stereocenters. The fourth-order valence-corrected chi connectivity index (χ4v) is 3.45. The lowest BCUT2D eigenvalue weighted by Crippen LogP contribution is -2.37. The molecule has 1 aliphatic rings. The summed E-state index contributed by atoms with van der Waals surface area (Å²) >= 11 is 0. The Bertz CT molecular complexity index is 610. The molecule has 2 heteroatoms. The third kappa shape index (κ3) is 4.14. The maximum Gasteiger partial charge on any atom is 0.125 e. The van der Waals surface area contributed by atoms with Crippen LogP contribution in [0.15, 0.2) is 54.6 Å². The maximum atomic E-state index is 6.46. The minimum Gasteiger partial charge on any atom is -0.485 e. The lowest BCUT2D eigenvalue weighted by Gasteiger charge is -2.35. The van der Waals surface area contributed by atoms with Crippen molar-refractivity contribution in [1.29, 1.82) is 0 Å². The van der Waals surface area contributed by atoms with Crippen LogP contribution in [0.1, 0.15) is 42.9 Å². The van der Waals surface area contributed by atoms with Gasteiger partial charge >= 0.3 is 0 Å². The second-order valence-electron chi connectivity index (χ2n) is 6.65. The summed E-state index contributed by atoms with van der Waals surface area (Å²) in [6.45, 7) is 3.32. The number of aryl methyl sites for hydroxylation is 1. The van der Waals surface area contributed by atoms with Crippen molar-refractivity contribution in [3.05, 3.63) is 65.7 Å². The van der Waals surface area contributed by atoms with Crippen LogP contribution < -0.4 is 4.74 Å². The first-order valence-electron chi connectivity index (χ1n) is 8.71. The topological polar surface area (TPSA) is 12.5 Å². The molecule has 0 spiro atoms. The van der Waals surface area contributed by atoms with E-state index in [1.54, 1.807) is 0 Å². The average Bonchev–Trinajstić information content (AvgIpc) is 2.59. The van der Waals surface area contributed by atoms with Gasteiger partial charge in [0.2, 0.25) is 0 Å². The third-order valence-electron chi connectivity index (χ3n) is 4.94. The van der Waals surface area contributed by atoms with E-state index in [0.717, 1.165) is 12.2 Å². The predicted molar refractivity (Wildman–Crippen MR) is 95.9 cm³/mol. The summed E-state index contributed by atoms with van der Waals surface area (Å²) in [6, 6.07) is 19.6. The first-order valence-corrected chi connectivity index (χ1v) is 8.71. The normalized spacial score (nSPS) is 20.2. The lowest BCUT2D eigenvalue weighted by atomic mass is 9.94. The van der Waals surface area contributed by atoms with Gasteiger partial charge in [0.05, 0.1) is 0 Å². The molecule has 3 rings (SSSR count). The zero-order valence-corrected chi connectivity index (χ0v) is 14.2. The summed E-state index contributed by atoms with van der Waals surface area (Å²) in [4.78, 5) is 2.50. The number of likely N-dealkylation sites (tertiary alicyclic amines) is 1. The monoisotopic (exact) mass is 309 g/mol. The zero-order valence-electron chi connectivity index (χ0n) is 14.2. The highest BCUT2D eigenvalue weighted by Gasteiger charge is 2.25. The molecule has 23 heavy (non-hydrogen) atoms. The van der Waals surface area contributed by atoms with Gasteiger partial charge in [0.1, 0.15) is 11.9 Å². The highest BCUT2D eigenvalue weighted by atomic mass is 16.5. The van der Waals surface area contributed by atoms with Gasteiger partial charge in [0.15, 0.2) is 0 Å². The Morgan fingerprint density at radius 1 is 1.04 bits per heavy atom. The number of rotatable bonds is 5. The van der Waals surface area contributed by atoms with Crippen LogP contribution >= 0.6 is 0 Å². The van der Waals surface area contributed by atoms with Crippen molar-refractivity contribution in [2.45, 2.75) is 44.8 Å². The van der Waals surface area contributed by atoms with E-state index in [9.17, 15) is 0 Å². The molecule has 122 valence electrons. The van der Waals surface area contributed by atoms with E-state index in [-0.39, 0.29) is 6.10 Å². The van der Waals surface area contributed by atoms with Crippen LogP contribution in [0.25, 0.3) is 0 Å². The van der Waals surface area contributed by atoms with E-state index in [0.29, 0.717) is 6.04 Å². The first-order chi connectivity index (χ1) is 11.2. The van der Waals surface area contributed by atoms with E-state index < -0.39 is 0 Å². The molecule has 1 saturated heterocycles. The van der Waals surface area contributed by atoms with Crippen molar-refractivity contribution in [2.24, 2.45) is 0 Å². The first kappa shape index (κ1) is 16.1. The number of piperidine rings is 1. The zero-order chi connectivity index (χ0) is 16.1. The van der Waals surface area contributed by atoms with Gasteiger partial charge < -0.3 is 9.64 Å². The van der Waals surface area contributed by atoms with Gasteiger partial charge in [-0.3, -0.25) is 0 Å². The quantitative estimate of drug-likeness (QED) is 0.771. The highest BCUT2D eigenvalue weighted by molar-refractivity contribution is 5.33. The molecular weight excluding hydrogens is 282 g/mol. The van der Waals surface area contributed by atoms with Gasteiger partial charge in [-0.05, 0) is 50.6 Å². The van der Waals surface area contributed by atoms with E-state index >= 15 is 0 Å². The van der Waals surface area contributed by atoms with Gasteiger partial charge in [-0.15, -0.1) is 0 Å². The number of nitrogens with zero attached hydrogens (tertiary/aromatic N) is 1. The smallest absolute Gasteiger partial charge is 0.125 e. The van der Waals surface area contributed by atoms with Crippen LogP contribution in [0.4, 0.5) is 0 Å². The van der Waals surface area contributed by atoms with Crippen molar-refractivity contribution >= 4 is 0 Å². The van der Waals surface area contributed by atoms with E-state index in [2.05, 4.69) is 73.5 Å². The second kappa shape index (κ2) is 7.65. The highest BCUT2D eigenvalue weighted by Crippen LogP contribution is 2.31. The minimum atomic E-state index is 0.114. The lowest BCUT2D eigenvalue weighted by molar-refractivity contribution is 0.108. The van der Waals surface area contributed by atoms with Crippen molar-refractivity contribution in [1.82, 2.24) is 4.90 Å². The maximum absolute atomic E-state index is 6.46. The predicted octanol–water partition coefficient (Wildman–Crippen LogP) is 4.99. The molecule has 2 aromatic rings. The molecule has 0 aromatic heterocycles. The number of para-hydroxylation sites is 1. The second-order valence-corrected chi connectivity index (χ2v) is 6.65. The number of hydrogen-bond acceptors (Lipinski definition) is 2. The van der Waals surface area contributed by atoms with E-state index in [1.165, 1.54) is 36.9 Å². The van der Waals surface area contributed by atoms with E-state index in [1.807, 2.05) is 0 Å². The van der Waals surface area contributed by atoms with Gasteiger partial charge in [-0.25, -0.2) is 0 Å². The van der Waals surface area contributed by atoms with Crippen LogP contribution in [-0.2, 0) is 0 Å². The SMILES string of the molecule is Cc1ccccc1OC(CC1CCCCN1C)c1ccccc1. The molecule has 1 aliphatic heterocycles. The molecule has 0 aliphatic carbocycles. The summed E-state index contributed by atoms with van der Waals surface area (Å²) in [5, 5.41) is 0. The largest absolute Gasteiger partial charge is 0.485 e. The van der Waals surface area contributed by atoms with Crippen LogP contribution in [0.3, 0.4) is 0 Å². The molecular formula is C21H27NO. The van der Waals surface area contributed by atoms with E-state index in [4.69, 9.17) is 4.74 Å². The molecule has 0 radical (unpaired) electrons. The van der Waals surface area contributed by atoms with Crippen molar-refractivity contribution in [3.63, 3.8) is 0 Å². The number of hydrogen-bond donors (Lipinski definition) is 0. The fraction of sp³-hybridized carbons (Fsp3) is 0.429. The summed E-state index contributed by atoms with van der Waals surface area (Å²) in [7, 11) is 2.25. The minimum absolute atomic E-state index is 0.114. The van der Waals surface area contributed by atoms with Gasteiger partial charge in [-0.2, -0.15) is 0 Å². The molecule has 0 amide bonds. The summed E-state index contributed by atoms with van der Waals surface area (Å²) in [5.74, 6) is 1.000. The van der Waals surface area contributed by atoms with Crippen LogP contribution in [-0.4, -0.2) is 24.5 Å². The molecule has 2 nitrogen and oxygen atoms in total. The van der Waals surface area contributed by atoms with Crippen molar-refractivity contribution in [3.8, 4) is 5.75 Å². The number of benzene rings is 2. The van der Waals surface area contributed by atoms with Crippen molar-refractivity contribution in [2.75, 3.05) is 13.6 Å². The Hall–Kier alpha value is -1.80.